The molecule has 31 heavy (non-hydrogen) atoms. The summed E-state index contributed by atoms with van der Waals surface area (Å²) in [5.41, 5.74) is 1.51. The van der Waals surface area contributed by atoms with E-state index in [4.69, 9.17) is 9.47 Å². The molecule has 0 heterocycles. The van der Waals surface area contributed by atoms with Crippen LogP contribution in [0.25, 0.3) is 0 Å². The van der Waals surface area contributed by atoms with Crippen LogP contribution >= 0.6 is 0 Å². The number of methoxy groups -OCH3 is 1. The number of carbonyl (C=O) groups is 1. The highest BCUT2D eigenvalue weighted by atomic mass is 32.2. The number of amides is 1. The van der Waals surface area contributed by atoms with Crippen molar-refractivity contribution < 1.29 is 22.7 Å². The average molecular weight is 449 g/mol. The van der Waals surface area contributed by atoms with Gasteiger partial charge in [0, 0.05) is 0 Å². The smallest absolute Gasteiger partial charge is 0.244 e. The normalized spacial score (nSPS) is 12.3. The van der Waals surface area contributed by atoms with Crippen LogP contribution < -0.4 is 19.1 Å². The Labute approximate surface area is 185 Å². The molecular weight excluding hydrogens is 416 g/mol. The second-order valence-corrected chi connectivity index (χ2v) is 9.37. The molecule has 0 saturated carbocycles. The van der Waals surface area contributed by atoms with Crippen molar-refractivity contribution in [1.82, 2.24) is 5.32 Å². The number of hydrogen-bond acceptors (Lipinski definition) is 5. The van der Waals surface area contributed by atoms with Crippen LogP contribution in [0.2, 0.25) is 0 Å². The molecule has 7 nitrogen and oxygen atoms in total. The van der Waals surface area contributed by atoms with Crippen LogP contribution in [0.5, 0.6) is 11.5 Å². The van der Waals surface area contributed by atoms with Crippen molar-refractivity contribution in [3.63, 3.8) is 0 Å². The van der Waals surface area contributed by atoms with Crippen LogP contribution in [0.4, 0.5) is 5.69 Å². The largest absolute Gasteiger partial charge is 0.497 e. The first-order valence-electron chi connectivity index (χ1n) is 10.3. The van der Waals surface area contributed by atoms with E-state index in [1.165, 1.54) is 7.11 Å². The summed E-state index contributed by atoms with van der Waals surface area (Å²) in [6.45, 7) is 6.51. The van der Waals surface area contributed by atoms with Gasteiger partial charge in [0.05, 0.1) is 25.6 Å². The molecule has 0 aliphatic heterocycles. The first kappa shape index (κ1) is 24.5. The fourth-order valence-electron chi connectivity index (χ4n) is 3.33. The Balaban J connectivity index is 2.06. The minimum absolute atomic E-state index is 0.266. The van der Waals surface area contributed by atoms with Crippen molar-refractivity contribution >= 4 is 21.6 Å². The molecule has 1 N–H and O–H groups in total. The third-order valence-electron chi connectivity index (χ3n) is 4.86. The van der Waals surface area contributed by atoms with Gasteiger partial charge in [0.25, 0.3) is 0 Å². The van der Waals surface area contributed by atoms with E-state index in [1.54, 1.807) is 31.2 Å². The number of sulfonamides is 1. The van der Waals surface area contributed by atoms with E-state index in [9.17, 15) is 13.2 Å². The molecule has 2 rings (SSSR count). The van der Waals surface area contributed by atoms with Gasteiger partial charge in [0.15, 0.2) is 0 Å². The summed E-state index contributed by atoms with van der Waals surface area (Å²) >= 11 is 0. The van der Waals surface area contributed by atoms with Gasteiger partial charge in [-0.25, -0.2) is 8.42 Å². The van der Waals surface area contributed by atoms with E-state index in [2.05, 4.69) is 19.2 Å². The molecule has 0 aliphatic rings. The van der Waals surface area contributed by atoms with E-state index in [1.807, 2.05) is 24.3 Å². The van der Waals surface area contributed by atoms with Crippen LogP contribution in [0.3, 0.4) is 0 Å². The van der Waals surface area contributed by atoms with Gasteiger partial charge in [-0.2, -0.15) is 0 Å². The van der Waals surface area contributed by atoms with E-state index in [-0.39, 0.29) is 19.1 Å². The van der Waals surface area contributed by atoms with Crippen molar-refractivity contribution in [2.24, 2.45) is 0 Å². The lowest BCUT2D eigenvalue weighted by Crippen LogP contribution is -2.50. The molecule has 0 saturated heterocycles. The Morgan fingerprint density at radius 1 is 1.10 bits per heavy atom. The predicted octanol–water partition coefficient (Wildman–Crippen LogP) is 3.56. The molecular formula is C23H32N2O5S. The molecule has 0 aromatic heterocycles. The van der Waals surface area contributed by atoms with E-state index < -0.39 is 16.1 Å². The van der Waals surface area contributed by atoms with Crippen molar-refractivity contribution in [3.8, 4) is 11.5 Å². The van der Waals surface area contributed by atoms with Crippen molar-refractivity contribution in [1.29, 1.82) is 0 Å². The maximum Gasteiger partial charge on any atom is 0.244 e. The summed E-state index contributed by atoms with van der Waals surface area (Å²) in [6, 6.07) is 13.5. The highest BCUT2D eigenvalue weighted by Gasteiger charge is 2.31. The maximum absolute atomic E-state index is 12.8. The van der Waals surface area contributed by atoms with E-state index >= 15 is 0 Å². The lowest BCUT2D eigenvalue weighted by Gasteiger charge is -2.30. The summed E-state index contributed by atoms with van der Waals surface area (Å²) in [4.78, 5) is 12.8. The second-order valence-electron chi connectivity index (χ2n) is 7.51. The van der Waals surface area contributed by atoms with Crippen molar-refractivity contribution in [3.05, 3.63) is 54.1 Å². The predicted molar refractivity (Wildman–Crippen MR) is 123 cm³/mol. The standard InChI is InChI=1S/C23H32N2O5S/c1-6-21(25(31(5,27)28)18-11-13-19(29-4)14-12-18)23(26)24-15-16-30-22-10-8-7-9-20(22)17(2)3/h7-14,17,21H,6,15-16H2,1-5H3,(H,24,26). The van der Waals surface area contributed by atoms with E-state index in [0.29, 0.717) is 23.8 Å². The molecule has 1 atom stereocenters. The van der Waals surface area contributed by atoms with Crippen molar-refractivity contribution in [2.45, 2.75) is 39.2 Å². The van der Waals surface area contributed by atoms with Gasteiger partial charge in [-0.15, -0.1) is 0 Å². The Kier molecular flexibility index (Phi) is 8.74. The summed E-state index contributed by atoms with van der Waals surface area (Å²) < 4.78 is 37.1. The summed E-state index contributed by atoms with van der Waals surface area (Å²) in [5, 5.41) is 2.80. The van der Waals surface area contributed by atoms with Gasteiger partial charge < -0.3 is 14.8 Å². The lowest BCUT2D eigenvalue weighted by molar-refractivity contribution is -0.122. The summed E-state index contributed by atoms with van der Waals surface area (Å²) in [6.07, 6.45) is 1.42. The van der Waals surface area contributed by atoms with E-state index in [0.717, 1.165) is 21.9 Å². The molecule has 0 bridgehead atoms. The SMILES string of the molecule is CCC(C(=O)NCCOc1ccccc1C(C)C)N(c1ccc(OC)cc1)S(C)(=O)=O. The quantitative estimate of drug-likeness (QED) is 0.532. The number of para-hydroxylation sites is 1. The number of hydrogen-bond donors (Lipinski definition) is 1. The molecule has 2 aromatic rings. The monoisotopic (exact) mass is 448 g/mol. The summed E-state index contributed by atoms with van der Waals surface area (Å²) in [5.74, 6) is 1.34. The maximum atomic E-state index is 12.8. The molecule has 2 aromatic carbocycles. The third-order valence-corrected chi connectivity index (χ3v) is 6.04. The van der Waals surface area contributed by atoms with Gasteiger partial charge >= 0.3 is 0 Å². The highest BCUT2D eigenvalue weighted by molar-refractivity contribution is 7.92. The first-order valence-corrected chi connectivity index (χ1v) is 12.2. The Morgan fingerprint density at radius 2 is 1.74 bits per heavy atom. The molecule has 1 unspecified atom stereocenters. The molecule has 0 radical (unpaired) electrons. The zero-order valence-corrected chi connectivity index (χ0v) is 19.6. The Bertz CT molecular complexity index is 958. The molecule has 170 valence electrons. The zero-order valence-electron chi connectivity index (χ0n) is 18.8. The van der Waals surface area contributed by atoms with Gasteiger partial charge in [-0.05, 0) is 48.2 Å². The first-order chi connectivity index (χ1) is 14.7. The molecule has 8 heteroatoms. The summed E-state index contributed by atoms with van der Waals surface area (Å²) in [7, 11) is -2.15. The third kappa shape index (κ3) is 6.62. The number of nitrogens with zero attached hydrogens (tertiary/aromatic N) is 1. The number of carbonyl (C=O) groups excluding carboxylic acids is 1. The zero-order chi connectivity index (χ0) is 23.0. The van der Waals surface area contributed by atoms with Gasteiger partial charge in [-0.1, -0.05) is 39.0 Å². The number of anilines is 1. The number of ether oxygens (including phenoxy) is 2. The van der Waals surface area contributed by atoms with Crippen LogP contribution in [0, 0.1) is 0 Å². The Morgan fingerprint density at radius 3 is 2.29 bits per heavy atom. The average Bonchev–Trinajstić information content (AvgIpc) is 2.74. The second kappa shape index (κ2) is 11.0. The van der Waals surface area contributed by atoms with Gasteiger partial charge in [-0.3, -0.25) is 9.10 Å². The molecule has 1 amide bonds. The van der Waals surface area contributed by atoms with Gasteiger partial charge in [0.2, 0.25) is 15.9 Å². The van der Waals surface area contributed by atoms with Gasteiger partial charge in [0.1, 0.15) is 24.1 Å². The number of nitrogens with one attached hydrogen (secondary N) is 1. The van der Waals surface area contributed by atoms with Crippen LogP contribution in [0.1, 0.15) is 38.7 Å². The molecule has 0 fully saturated rings. The lowest BCUT2D eigenvalue weighted by atomic mass is 10.0. The number of benzene rings is 2. The van der Waals surface area contributed by atoms with Crippen molar-refractivity contribution in [2.75, 3.05) is 30.8 Å². The molecule has 0 spiro atoms. The highest BCUT2D eigenvalue weighted by Crippen LogP contribution is 2.26. The van der Waals surface area contributed by atoms with Crippen LogP contribution in [-0.2, 0) is 14.8 Å². The van der Waals surface area contributed by atoms with Crippen LogP contribution in [0.15, 0.2) is 48.5 Å². The molecule has 0 aliphatic carbocycles. The minimum atomic E-state index is -3.68. The fraction of sp³-hybridized carbons (Fsp3) is 0.435. The number of rotatable bonds is 11. The topological polar surface area (TPSA) is 84.9 Å². The fourth-order valence-corrected chi connectivity index (χ4v) is 4.54. The van der Waals surface area contributed by atoms with Crippen LogP contribution in [-0.4, -0.2) is 46.9 Å². The Hall–Kier alpha value is -2.74. The minimum Gasteiger partial charge on any atom is -0.497 e.